The maximum absolute atomic E-state index is 9.35. The minimum Gasteiger partial charge on any atom is -0.396 e. The summed E-state index contributed by atoms with van der Waals surface area (Å²) in [7, 11) is 0. The summed E-state index contributed by atoms with van der Waals surface area (Å²) in [6.45, 7) is 10.1. The molecule has 112 valence electrons. The van der Waals surface area contributed by atoms with E-state index in [4.69, 9.17) is 0 Å². The average molecular weight is 274 g/mol. The van der Waals surface area contributed by atoms with Crippen molar-refractivity contribution in [3.63, 3.8) is 0 Å². The van der Waals surface area contributed by atoms with Gasteiger partial charge in [0.25, 0.3) is 0 Å². The number of aliphatic hydroxyl groups excluding tert-OH is 1. The van der Waals surface area contributed by atoms with E-state index >= 15 is 0 Å². The highest BCUT2D eigenvalue weighted by Crippen LogP contribution is 2.83. The van der Waals surface area contributed by atoms with Gasteiger partial charge in [0.05, 0.1) is 0 Å². The minimum atomic E-state index is 0.421. The molecule has 8 saturated carbocycles. The standard InChI is InChI=1S/C10H16O.C9H14/c1-5-7-3-8-9(5)10(8,4-11)6(7)2;1-4-6-3-7-8(4)9(7)5(6)2/h5-9,11H,3-4H2,1-2H3;4-9H,3H2,1-2H3. The summed E-state index contributed by atoms with van der Waals surface area (Å²) in [6, 6.07) is 0. The molecule has 8 rings (SSSR count). The fraction of sp³-hybridized carbons (Fsp3) is 1.00. The molecule has 0 saturated heterocycles. The van der Waals surface area contributed by atoms with E-state index in [0.717, 1.165) is 47.3 Å². The zero-order valence-corrected chi connectivity index (χ0v) is 13.4. The van der Waals surface area contributed by atoms with Gasteiger partial charge in [-0.25, -0.2) is 0 Å². The van der Waals surface area contributed by atoms with E-state index in [2.05, 4.69) is 27.7 Å². The largest absolute Gasteiger partial charge is 0.396 e. The van der Waals surface area contributed by atoms with E-state index < -0.39 is 0 Å². The molecule has 0 radical (unpaired) electrons. The van der Waals surface area contributed by atoms with Gasteiger partial charge in [-0.2, -0.15) is 0 Å². The predicted octanol–water partition coefficient (Wildman–Crippen LogP) is 3.67. The number of hydrogen-bond acceptors (Lipinski definition) is 1. The molecule has 0 amide bonds. The summed E-state index contributed by atoms with van der Waals surface area (Å²) in [4.78, 5) is 0. The van der Waals surface area contributed by atoms with Crippen LogP contribution in [0.5, 0.6) is 0 Å². The van der Waals surface area contributed by atoms with Gasteiger partial charge < -0.3 is 5.11 Å². The molecule has 0 aromatic heterocycles. The molecule has 10 unspecified atom stereocenters. The lowest BCUT2D eigenvalue weighted by molar-refractivity contribution is 0.167. The van der Waals surface area contributed by atoms with E-state index in [0.29, 0.717) is 12.0 Å². The zero-order chi connectivity index (χ0) is 14.0. The fourth-order valence-electron chi connectivity index (χ4n) is 8.65. The molecule has 0 aliphatic heterocycles. The molecule has 1 nitrogen and oxygen atoms in total. The summed E-state index contributed by atoms with van der Waals surface area (Å²) >= 11 is 0. The molecule has 0 heterocycles. The second-order valence-corrected chi connectivity index (χ2v) is 9.39. The first-order valence-electron chi connectivity index (χ1n) is 9.14. The van der Waals surface area contributed by atoms with Gasteiger partial charge in [-0.3, -0.25) is 0 Å². The Hall–Kier alpha value is -0.0400. The van der Waals surface area contributed by atoms with E-state index in [-0.39, 0.29) is 0 Å². The maximum Gasteiger partial charge on any atom is 0.0495 e. The van der Waals surface area contributed by atoms with E-state index in [9.17, 15) is 5.11 Å². The Morgan fingerprint density at radius 1 is 0.850 bits per heavy atom. The predicted molar refractivity (Wildman–Crippen MR) is 79.8 cm³/mol. The lowest BCUT2D eigenvalue weighted by atomic mass is 9.90. The lowest BCUT2D eigenvalue weighted by Gasteiger charge is -2.16. The minimum absolute atomic E-state index is 0.421. The van der Waals surface area contributed by atoms with Crippen LogP contribution in [0.1, 0.15) is 40.5 Å². The molecular formula is C19H30O. The van der Waals surface area contributed by atoms with Crippen molar-refractivity contribution in [2.24, 2.45) is 70.5 Å². The summed E-state index contributed by atoms with van der Waals surface area (Å²) in [5.74, 6) is 11.5. The molecule has 8 aliphatic carbocycles. The Morgan fingerprint density at radius 2 is 1.50 bits per heavy atom. The Bertz CT molecular complexity index is 435. The van der Waals surface area contributed by atoms with Crippen molar-refractivity contribution in [3.05, 3.63) is 0 Å². The van der Waals surface area contributed by atoms with Crippen LogP contribution in [0.15, 0.2) is 0 Å². The van der Waals surface area contributed by atoms with Crippen LogP contribution in [0.4, 0.5) is 0 Å². The van der Waals surface area contributed by atoms with Crippen molar-refractivity contribution in [2.75, 3.05) is 6.61 Å². The number of rotatable bonds is 1. The topological polar surface area (TPSA) is 20.2 Å². The summed E-state index contributed by atoms with van der Waals surface area (Å²) in [5, 5.41) is 9.35. The molecule has 8 fully saturated rings. The maximum atomic E-state index is 9.35. The first-order valence-corrected chi connectivity index (χ1v) is 9.14. The molecule has 0 aromatic rings. The molecule has 1 heteroatoms. The molecular weight excluding hydrogens is 244 g/mol. The van der Waals surface area contributed by atoms with Gasteiger partial charge in [0.1, 0.15) is 0 Å². The Labute approximate surface area is 123 Å². The van der Waals surface area contributed by atoms with Gasteiger partial charge >= 0.3 is 0 Å². The van der Waals surface area contributed by atoms with Crippen LogP contribution in [0.25, 0.3) is 0 Å². The summed E-state index contributed by atoms with van der Waals surface area (Å²) in [5.41, 5.74) is 0.421. The normalized spacial score (nSPS) is 72.8. The first-order chi connectivity index (χ1) is 9.54. The van der Waals surface area contributed by atoms with Gasteiger partial charge in [0.2, 0.25) is 0 Å². The van der Waals surface area contributed by atoms with E-state index in [1.54, 1.807) is 6.42 Å². The quantitative estimate of drug-likeness (QED) is 0.773. The summed E-state index contributed by atoms with van der Waals surface area (Å²) < 4.78 is 0. The third-order valence-electron chi connectivity index (χ3n) is 9.57. The SMILES string of the molecule is CC1C2CC3C1C3(CO)C2C.CC1C2CC3C1C3C2C. The molecule has 20 heavy (non-hydrogen) atoms. The monoisotopic (exact) mass is 274 g/mol. The van der Waals surface area contributed by atoms with Crippen molar-refractivity contribution in [3.8, 4) is 0 Å². The highest BCUT2D eigenvalue weighted by atomic mass is 16.3. The average Bonchev–Trinajstić information content (AvgIpc) is 2.96. The molecule has 0 spiro atoms. The van der Waals surface area contributed by atoms with Crippen LogP contribution in [-0.2, 0) is 0 Å². The van der Waals surface area contributed by atoms with Crippen LogP contribution in [0.2, 0.25) is 0 Å². The van der Waals surface area contributed by atoms with Crippen LogP contribution < -0.4 is 0 Å². The highest BCUT2D eigenvalue weighted by molar-refractivity contribution is 5.27. The molecule has 1 N–H and O–H groups in total. The second-order valence-electron chi connectivity index (χ2n) is 9.39. The third-order valence-corrected chi connectivity index (χ3v) is 9.57. The van der Waals surface area contributed by atoms with Crippen LogP contribution in [-0.4, -0.2) is 11.7 Å². The Balaban J connectivity index is 0.0000000978. The van der Waals surface area contributed by atoms with Crippen molar-refractivity contribution in [1.82, 2.24) is 0 Å². The smallest absolute Gasteiger partial charge is 0.0495 e. The van der Waals surface area contributed by atoms with Gasteiger partial charge in [-0.1, -0.05) is 27.7 Å². The van der Waals surface area contributed by atoms with Gasteiger partial charge in [0, 0.05) is 12.0 Å². The van der Waals surface area contributed by atoms with Crippen LogP contribution in [0, 0.1) is 70.5 Å². The van der Waals surface area contributed by atoms with Crippen LogP contribution >= 0.6 is 0 Å². The summed E-state index contributed by atoms with van der Waals surface area (Å²) in [6.07, 6.45) is 3.02. The number of aliphatic hydroxyl groups is 1. The molecule has 8 aliphatic rings. The third kappa shape index (κ3) is 1.09. The Morgan fingerprint density at radius 3 is 1.65 bits per heavy atom. The molecule has 8 bridgehead atoms. The Kier molecular flexibility index (Phi) is 2.17. The first kappa shape index (κ1) is 12.5. The van der Waals surface area contributed by atoms with E-state index in [1.165, 1.54) is 24.2 Å². The van der Waals surface area contributed by atoms with Crippen molar-refractivity contribution in [1.29, 1.82) is 0 Å². The van der Waals surface area contributed by atoms with E-state index in [1.807, 2.05) is 0 Å². The fourth-order valence-corrected chi connectivity index (χ4v) is 8.65. The van der Waals surface area contributed by atoms with Crippen LogP contribution in [0.3, 0.4) is 0 Å². The van der Waals surface area contributed by atoms with Gasteiger partial charge in [-0.15, -0.1) is 0 Å². The van der Waals surface area contributed by atoms with Gasteiger partial charge in [0.15, 0.2) is 0 Å². The van der Waals surface area contributed by atoms with Crippen molar-refractivity contribution in [2.45, 2.75) is 40.5 Å². The highest BCUT2D eigenvalue weighted by Gasteiger charge is 2.80. The number of hydrogen-bond donors (Lipinski definition) is 1. The zero-order valence-electron chi connectivity index (χ0n) is 13.4. The molecule has 0 aromatic carbocycles. The van der Waals surface area contributed by atoms with Gasteiger partial charge in [-0.05, 0) is 77.9 Å². The lowest BCUT2D eigenvalue weighted by Crippen LogP contribution is -2.15. The van der Waals surface area contributed by atoms with Crippen molar-refractivity contribution >= 4 is 0 Å². The molecule has 10 atom stereocenters. The second kappa shape index (κ2) is 3.47. The van der Waals surface area contributed by atoms with Crippen molar-refractivity contribution < 1.29 is 5.11 Å².